The van der Waals surface area contributed by atoms with Crippen molar-refractivity contribution in [3.8, 4) is 12.8 Å². The molecule has 5 heteroatoms. The number of aromatic amines is 1. The molecule has 0 atom stereocenters. The van der Waals surface area contributed by atoms with Crippen molar-refractivity contribution in [1.29, 1.82) is 0 Å². The van der Waals surface area contributed by atoms with Crippen molar-refractivity contribution in [2.75, 3.05) is 7.05 Å². The molecule has 2 aliphatic carbocycles. The standard InChI is InChI=1S/C32H37N5.C2H2/c1-7-23(19-27(8-2)35-22(5)24-14-15-24)21(4)18-26(28(9-3)33-6)20-30-36-29-16-17-34-31(32(29)37-30)25-12-10-11-13-25;1-2/h7-10,12-13,16-19,24,33,35H,2,4-5,11,14-15,20H2,1,3,6H3,(H,36,37);1-2H/b23-7+,26-18-,27-19+,28-9+;. The SMILES string of the molecule is C#C.C=C/C(=C\C(=C/C)C(=C)/C=C(Cc1nc2c(C3=CCC=C3)nccc2[nH]1)\C(=C/C)NC)NC(=C)C1CC1. The summed E-state index contributed by atoms with van der Waals surface area (Å²) in [6.07, 6.45) is 30.4. The number of likely N-dealkylation sites (N-methyl/N-ethyl adjacent to an activating group) is 1. The van der Waals surface area contributed by atoms with Gasteiger partial charge in [-0.15, -0.1) is 12.8 Å². The van der Waals surface area contributed by atoms with E-state index in [0.717, 1.165) is 68.4 Å². The van der Waals surface area contributed by atoms with E-state index in [-0.39, 0.29) is 0 Å². The van der Waals surface area contributed by atoms with E-state index in [4.69, 9.17) is 4.98 Å². The first-order chi connectivity index (χ1) is 19.0. The first-order valence-corrected chi connectivity index (χ1v) is 13.2. The highest BCUT2D eigenvalue weighted by molar-refractivity contribution is 5.90. The number of aromatic nitrogens is 3. The summed E-state index contributed by atoms with van der Waals surface area (Å²) >= 11 is 0. The molecule has 3 N–H and O–H groups in total. The third-order valence-electron chi connectivity index (χ3n) is 6.69. The highest BCUT2D eigenvalue weighted by Crippen LogP contribution is 2.34. The Morgan fingerprint density at radius 2 is 1.95 bits per heavy atom. The summed E-state index contributed by atoms with van der Waals surface area (Å²) in [4.78, 5) is 13.1. The van der Waals surface area contributed by atoms with Gasteiger partial charge in [0.1, 0.15) is 11.3 Å². The van der Waals surface area contributed by atoms with E-state index >= 15 is 0 Å². The molecule has 0 spiro atoms. The lowest BCUT2D eigenvalue weighted by molar-refractivity contribution is 0.864. The second kappa shape index (κ2) is 13.8. The third-order valence-corrected chi connectivity index (χ3v) is 6.69. The maximum absolute atomic E-state index is 4.96. The molecular weight excluding hydrogens is 478 g/mol. The molecule has 0 aromatic carbocycles. The molecule has 0 aliphatic heterocycles. The van der Waals surface area contributed by atoms with E-state index in [0.29, 0.717) is 12.3 Å². The zero-order valence-corrected chi connectivity index (χ0v) is 23.3. The maximum Gasteiger partial charge on any atom is 0.115 e. The topological polar surface area (TPSA) is 65.6 Å². The van der Waals surface area contributed by atoms with Gasteiger partial charge < -0.3 is 15.6 Å². The molecule has 1 saturated carbocycles. The van der Waals surface area contributed by atoms with Crippen LogP contribution >= 0.6 is 0 Å². The van der Waals surface area contributed by atoms with E-state index < -0.39 is 0 Å². The van der Waals surface area contributed by atoms with Crippen LogP contribution in [0.15, 0.2) is 114 Å². The van der Waals surface area contributed by atoms with Gasteiger partial charge in [0.2, 0.25) is 0 Å². The Bertz CT molecular complexity index is 1440. The zero-order valence-electron chi connectivity index (χ0n) is 23.3. The summed E-state index contributed by atoms with van der Waals surface area (Å²) in [5.74, 6) is 1.45. The Labute approximate surface area is 233 Å². The number of H-pyrrole nitrogens is 1. The van der Waals surface area contributed by atoms with Crippen LogP contribution in [0.2, 0.25) is 0 Å². The molecule has 2 aromatic rings. The first-order valence-electron chi connectivity index (χ1n) is 13.2. The van der Waals surface area contributed by atoms with E-state index in [9.17, 15) is 0 Å². The average Bonchev–Trinajstić information content (AvgIpc) is 3.50. The van der Waals surface area contributed by atoms with Crippen LogP contribution < -0.4 is 10.6 Å². The van der Waals surface area contributed by atoms with Crippen LogP contribution in [-0.4, -0.2) is 22.0 Å². The van der Waals surface area contributed by atoms with Gasteiger partial charge in [-0.05, 0) is 85.6 Å². The first kappa shape index (κ1) is 29.0. The summed E-state index contributed by atoms with van der Waals surface area (Å²) in [7, 11) is 1.94. The Morgan fingerprint density at radius 3 is 2.54 bits per heavy atom. The van der Waals surface area contributed by atoms with Crippen molar-refractivity contribution >= 4 is 16.6 Å². The van der Waals surface area contributed by atoms with Crippen LogP contribution in [0.1, 0.15) is 44.6 Å². The van der Waals surface area contributed by atoms with Crippen molar-refractivity contribution in [3.63, 3.8) is 0 Å². The van der Waals surface area contributed by atoms with Crippen molar-refractivity contribution in [2.45, 2.75) is 39.5 Å². The molecule has 2 heterocycles. The van der Waals surface area contributed by atoms with Crippen LogP contribution in [0.5, 0.6) is 0 Å². The van der Waals surface area contributed by atoms with Crippen LogP contribution in [-0.2, 0) is 6.42 Å². The minimum absolute atomic E-state index is 0.570. The van der Waals surface area contributed by atoms with Gasteiger partial charge in [-0.1, -0.05) is 50.1 Å². The average molecular weight is 518 g/mol. The van der Waals surface area contributed by atoms with Crippen LogP contribution in [0.3, 0.4) is 0 Å². The van der Waals surface area contributed by atoms with Crippen LogP contribution in [0, 0.1) is 18.8 Å². The maximum atomic E-state index is 4.96. The molecule has 0 radical (unpaired) electrons. The molecule has 0 saturated heterocycles. The predicted molar refractivity (Wildman–Crippen MR) is 166 cm³/mol. The van der Waals surface area contributed by atoms with Gasteiger partial charge in [0, 0.05) is 36.8 Å². The van der Waals surface area contributed by atoms with Gasteiger partial charge in [0.15, 0.2) is 0 Å². The monoisotopic (exact) mass is 517 g/mol. The van der Waals surface area contributed by atoms with Gasteiger partial charge in [0.05, 0.1) is 11.2 Å². The highest BCUT2D eigenvalue weighted by Gasteiger charge is 2.24. The molecular formula is C34H39N5. The van der Waals surface area contributed by atoms with E-state index in [2.05, 4.69) is 95.7 Å². The molecule has 200 valence electrons. The number of terminal acetylenes is 1. The highest BCUT2D eigenvalue weighted by atomic mass is 14.9. The van der Waals surface area contributed by atoms with Crippen molar-refractivity contribution in [2.24, 2.45) is 5.92 Å². The Balaban J connectivity index is 0.00000205. The number of allylic oxidation sites excluding steroid dienone is 13. The number of hydrogen-bond donors (Lipinski definition) is 3. The van der Waals surface area contributed by atoms with Crippen molar-refractivity contribution in [1.82, 2.24) is 25.6 Å². The summed E-state index contributed by atoms with van der Waals surface area (Å²) < 4.78 is 0. The second-order valence-corrected chi connectivity index (χ2v) is 9.33. The minimum atomic E-state index is 0.570. The van der Waals surface area contributed by atoms with Crippen molar-refractivity contribution < 1.29 is 0 Å². The van der Waals surface area contributed by atoms with Gasteiger partial charge in [0.25, 0.3) is 0 Å². The molecule has 0 bridgehead atoms. The summed E-state index contributed by atoms with van der Waals surface area (Å²) in [6, 6.07) is 1.98. The summed E-state index contributed by atoms with van der Waals surface area (Å²) in [5, 5.41) is 6.75. The quantitative estimate of drug-likeness (QED) is 0.205. The lowest BCUT2D eigenvalue weighted by Gasteiger charge is -2.14. The van der Waals surface area contributed by atoms with E-state index in [1.165, 1.54) is 12.8 Å². The fourth-order valence-corrected chi connectivity index (χ4v) is 4.50. The second-order valence-electron chi connectivity index (χ2n) is 9.33. The number of imidazole rings is 1. The fourth-order valence-electron chi connectivity index (χ4n) is 4.50. The van der Waals surface area contributed by atoms with Gasteiger partial charge in [-0.25, -0.2) is 4.98 Å². The number of rotatable bonds is 12. The lowest BCUT2D eigenvalue weighted by Crippen LogP contribution is -2.12. The van der Waals surface area contributed by atoms with E-state index in [1.54, 1.807) is 0 Å². The predicted octanol–water partition coefficient (Wildman–Crippen LogP) is 7.23. The Morgan fingerprint density at radius 1 is 1.18 bits per heavy atom. The molecule has 4 rings (SSSR count). The smallest absolute Gasteiger partial charge is 0.115 e. The van der Waals surface area contributed by atoms with Gasteiger partial charge >= 0.3 is 0 Å². The van der Waals surface area contributed by atoms with Crippen molar-refractivity contribution in [3.05, 3.63) is 126 Å². The minimum Gasteiger partial charge on any atom is -0.388 e. The molecule has 0 unspecified atom stereocenters. The third kappa shape index (κ3) is 7.27. The molecule has 2 aromatic heterocycles. The molecule has 5 nitrogen and oxygen atoms in total. The Hall–Kier alpha value is -4.56. The van der Waals surface area contributed by atoms with Gasteiger partial charge in [-0.2, -0.15) is 0 Å². The number of hydrogen-bond acceptors (Lipinski definition) is 4. The largest absolute Gasteiger partial charge is 0.388 e. The summed E-state index contributed by atoms with van der Waals surface area (Å²) in [5.41, 5.74) is 9.95. The Kier molecular flexibility index (Phi) is 10.3. The van der Waals surface area contributed by atoms with Crippen LogP contribution in [0.25, 0.3) is 16.6 Å². The van der Waals surface area contributed by atoms with E-state index in [1.807, 2.05) is 39.2 Å². The molecule has 0 amide bonds. The lowest BCUT2D eigenvalue weighted by atomic mass is 9.99. The molecule has 1 fully saturated rings. The molecule has 2 aliphatic rings. The number of fused-ring (bicyclic) bond motifs is 1. The molecule has 39 heavy (non-hydrogen) atoms. The fraction of sp³-hybridized carbons (Fsp3) is 0.235. The number of nitrogens with zero attached hydrogens (tertiary/aromatic N) is 2. The van der Waals surface area contributed by atoms with Gasteiger partial charge in [-0.3, -0.25) is 4.98 Å². The normalized spacial score (nSPS) is 15.9. The van der Waals surface area contributed by atoms with Crippen LogP contribution in [0.4, 0.5) is 0 Å². The number of nitrogens with one attached hydrogen (secondary N) is 3. The summed E-state index contributed by atoms with van der Waals surface area (Å²) in [6.45, 7) is 16.6. The zero-order chi connectivity index (χ0) is 28.4. The number of pyridine rings is 1.